The monoisotopic (exact) mass is 341 g/mol. The van der Waals surface area contributed by atoms with E-state index in [-0.39, 0.29) is 5.97 Å². The molecule has 3 atom stereocenters. The number of carbonyl (C=O) groups is 1. The SMILES string of the molecule is CCOC(=O)C[C@@H]1C[C@@H](CC)[C@@H](c2nnc3cnc4[nH]ccc4n23)C1. The van der Waals surface area contributed by atoms with Crippen molar-refractivity contribution in [2.24, 2.45) is 11.8 Å². The summed E-state index contributed by atoms with van der Waals surface area (Å²) in [6.07, 6.45) is 7.19. The van der Waals surface area contributed by atoms with Crippen LogP contribution in [0.15, 0.2) is 18.5 Å². The molecule has 0 saturated heterocycles. The fraction of sp³-hybridized carbons (Fsp3) is 0.556. The van der Waals surface area contributed by atoms with Crippen LogP contribution in [0, 0.1) is 11.8 Å². The summed E-state index contributed by atoms with van der Waals surface area (Å²) in [5.41, 5.74) is 2.61. The van der Waals surface area contributed by atoms with Crippen molar-refractivity contribution in [1.82, 2.24) is 24.6 Å². The highest BCUT2D eigenvalue weighted by molar-refractivity contribution is 5.74. The van der Waals surface area contributed by atoms with E-state index in [0.29, 0.717) is 30.8 Å². The van der Waals surface area contributed by atoms with Gasteiger partial charge in [-0.15, -0.1) is 10.2 Å². The second kappa shape index (κ2) is 6.46. The summed E-state index contributed by atoms with van der Waals surface area (Å²) in [4.78, 5) is 19.4. The molecule has 7 nitrogen and oxygen atoms in total. The van der Waals surface area contributed by atoms with Gasteiger partial charge in [-0.05, 0) is 37.7 Å². The van der Waals surface area contributed by atoms with Gasteiger partial charge in [0, 0.05) is 18.5 Å². The van der Waals surface area contributed by atoms with Crippen LogP contribution in [-0.2, 0) is 9.53 Å². The minimum absolute atomic E-state index is 0.0914. The maximum atomic E-state index is 11.9. The maximum absolute atomic E-state index is 11.9. The lowest BCUT2D eigenvalue weighted by atomic mass is 9.93. The third-order valence-electron chi connectivity index (χ3n) is 5.38. The van der Waals surface area contributed by atoms with Crippen LogP contribution in [0.1, 0.15) is 51.3 Å². The molecule has 0 bridgehead atoms. The first-order valence-electron chi connectivity index (χ1n) is 9.04. The zero-order valence-electron chi connectivity index (χ0n) is 14.6. The molecule has 1 aliphatic rings. The zero-order valence-corrected chi connectivity index (χ0v) is 14.6. The summed E-state index contributed by atoms with van der Waals surface area (Å²) in [5, 5.41) is 8.82. The zero-order chi connectivity index (χ0) is 17.4. The second-order valence-electron chi connectivity index (χ2n) is 6.84. The molecule has 0 amide bonds. The predicted molar refractivity (Wildman–Crippen MR) is 93.1 cm³/mol. The average Bonchev–Trinajstić information content (AvgIpc) is 3.31. The van der Waals surface area contributed by atoms with E-state index >= 15 is 0 Å². The third kappa shape index (κ3) is 2.77. The number of carbonyl (C=O) groups excluding carboxylic acids is 1. The van der Waals surface area contributed by atoms with Gasteiger partial charge in [-0.2, -0.15) is 0 Å². The number of hydrogen-bond donors (Lipinski definition) is 1. The lowest BCUT2D eigenvalue weighted by Gasteiger charge is -2.16. The highest BCUT2D eigenvalue weighted by Gasteiger charge is 2.38. The summed E-state index contributed by atoms with van der Waals surface area (Å²) in [5.74, 6) is 2.06. The van der Waals surface area contributed by atoms with Crippen LogP contribution in [0.4, 0.5) is 0 Å². The normalized spacial score (nSPS) is 23.5. The van der Waals surface area contributed by atoms with Gasteiger partial charge in [0.25, 0.3) is 0 Å². The van der Waals surface area contributed by atoms with E-state index in [4.69, 9.17) is 4.74 Å². The predicted octanol–water partition coefficient (Wildman–Crippen LogP) is 3.08. The summed E-state index contributed by atoms with van der Waals surface area (Å²) in [7, 11) is 0. The van der Waals surface area contributed by atoms with Crippen LogP contribution in [0.2, 0.25) is 0 Å². The highest BCUT2D eigenvalue weighted by atomic mass is 16.5. The molecule has 1 saturated carbocycles. The van der Waals surface area contributed by atoms with Crippen molar-refractivity contribution in [3.63, 3.8) is 0 Å². The van der Waals surface area contributed by atoms with E-state index in [1.165, 1.54) is 0 Å². The number of aromatic amines is 1. The molecule has 0 aromatic carbocycles. The van der Waals surface area contributed by atoms with Gasteiger partial charge >= 0.3 is 5.97 Å². The minimum Gasteiger partial charge on any atom is -0.466 e. The van der Waals surface area contributed by atoms with E-state index in [1.54, 1.807) is 6.20 Å². The number of aromatic nitrogens is 5. The molecule has 7 heteroatoms. The Labute approximate surface area is 145 Å². The molecule has 0 radical (unpaired) electrons. The molecule has 1 aliphatic carbocycles. The van der Waals surface area contributed by atoms with Crippen LogP contribution < -0.4 is 0 Å². The quantitative estimate of drug-likeness (QED) is 0.721. The van der Waals surface area contributed by atoms with Crippen molar-refractivity contribution < 1.29 is 9.53 Å². The second-order valence-corrected chi connectivity index (χ2v) is 6.84. The number of ether oxygens (including phenoxy) is 1. The molecule has 3 aromatic heterocycles. The molecule has 0 spiro atoms. The summed E-state index contributed by atoms with van der Waals surface area (Å²) >= 11 is 0. The van der Waals surface area contributed by atoms with E-state index in [0.717, 1.165) is 41.9 Å². The number of nitrogens with zero attached hydrogens (tertiary/aromatic N) is 4. The number of esters is 1. The van der Waals surface area contributed by atoms with Crippen LogP contribution in [0.25, 0.3) is 16.8 Å². The first-order chi connectivity index (χ1) is 12.2. The van der Waals surface area contributed by atoms with Crippen LogP contribution >= 0.6 is 0 Å². The average molecular weight is 341 g/mol. The van der Waals surface area contributed by atoms with Crippen LogP contribution in [0.3, 0.4) is 0 Å². The summed E-state index contributed by atoms with van der Waals surface area (Å²) < 4.78 is 7.24. The number of H-pyrrole nitrogens is 1. The van der Waals surface area contributed by atoms with Gasteiger partial charge in [-0.25, -0.2) is 4.98 Å². The van der Waals surface area contributed by atoms with Gasteiger partial charge in [0.15, 0.2) is 11.3 Å². The van der Waals surface area contributed by atoms with Crippen molar-refractivity contribution >= 4 is 22.8 Å². The van der Waals surface area contributed by atoms with Crippen molar-refractivity contribution in [2.45, 2.75) is 45.4 Å². The Morgan fingerprint density at radius 3 is 3.04 bits per heavy atom. The van der Waals surface area contributed by atoms with Gasteiger partial charge in [-0.1, -0.05) is 13.3 Å². The molecule has 1 fully saturated rings. The van der Waals surface area contributed by atoms with Crippen molar-refractivity contribution in [3.05, 3.63) is 24.3 Å². The molecule has 25 heavy (non-hydrogen) atoms. The van der Waals surface area contributed by atoms with Gasteiger partial charge in [0.2, 0.25) is 0 Å². The first kappa shape index (κ1) is 16.1. The Balaban J connectivity index is 1.67. The first-order valence-corrected chi connectivity index (χ1v) is 9.04. The van der Waals surface area contributed by atoms with Gasteiger partial charge in [0.1, 0.15) is 5.82 Å². The molecule has 0 aliphatic heterocycles. The lowest BCUT2D eigenvalue weighted by molar-refractivity contribution is -0.144. The van der Waals surface area contributed by atoms with Gasteiger partial charge in [0.05, 0.1) is 18.3 Å². The smallest absolute Gasteiger partial charge is 0.306 e. The lowest BCUT2D eigenvalue weighted by Crippen LogP contribution is -2.10. The molecular weight excluding hydrogens is 318 g/mol. The Kier molecular flexibility index (Phi) is 4.15. The molecule has 3 aromatic rings. The topological polar surface area (TPSA) is 85.2 Å². The molecule has 1 N–H and O–H groups in total. The van der Waals surface area contributed by atoms with E-state index < -0.39 is 0 Å². The van der Waals surface area contributed by atoms with Crippen LogP contribution in [0.5, 0.6) is 0 Å². The molecule has 3 heterocycles. The molecular formula is C18H23N5O2. The third-order valence-corrected chi connectivity index (χ3v) is 5.38. The van der Waals surface area contributed by atoms with Crippen molar-refractivity contribution in [2.75, 3.05) is 6.61 Å². The molecule has 0 unspecified atom stereocenters. The van der Waals surface area contributed by atoms with Gasteiger partial charge < -0.3 is 9.72 Å². The number of fused-ring (bicyclic) bond motifs is 3. The summed E-state index contributed by atoms with van der Waals surface area (Å²) in [6, 6.07) is 2.01. The Morgan fingerprint density at radius 2 is 2.24 bits per heavy atom. The standard InChI is InChI=1S/C18H23N5O2/c1-3-12-7-11(9-16(24)25-4-2)8-13(12)18-22-21-15-10-20-17-14(23(15)18)5-6-19-17/h5-6,10-13,19H,3-4,7-9H2,1-2H3/t11-,12-,13+/m1/s1. The fourth-order valence-electron chi connectivity index (χ4n) is 4.27. The fourth-order valence-corrected chi connectivity index (χ4v) is 4.27. The van der Waals surface area contributed by atoms with Crippen molar-refractivity contribution in [1.29, 1.82) is 0 Å². The van der Waals surface area contributed by atoms with E-state index in [1.807, 2.05) is 19.2 Å². The Hall–Kier alpha value is -2.44. The van der Waals surface area contributed by atoms with E-state index in [9.17, 15) is 4.79 Å². The van der Waals surface area contributed by atoms with Crippen molar-refractivity contribution in [3.8, 4) is 0 Å². The number of rotatable bonds is 5. The van der Waals surface area contributed by atoms with E-state index in [2.05, 4.69) is 31.5 Å². The number of hydrogen-bond acceptors (Lipinski definition) is 5. The maximum Gasteiger partial charge on any atom is 0.306 e. The minimum atomic E-state index is -0.0914. The van der Waals surface area contributed by atoms with Crippen LogP contribution in [-0.4, -0.2) is 37.1 Å². The Morgan fingerprint density at radius 1 is 1.36 bits per heavy atom. The molecule has 132 valence electrons. The molecule has 4 rings (SSSR count). The summed E-state index contributed by atoms with van der Waals surface area (Å²) in [6.45, 7) is 4.50. The number of nitrogens with one attached hydrogen (secondary N) is 1. The Bertz CT molecular complexity index is 899. The highest BCUT2D eigenvalue weighted by Crippen LogP contribution is 2.45. The van der Waals surface area contributed by atoms with Gasteiger partial charge in [-0.3, -0.25) is 9.20 Å². The largest absolute Gasteiger partial charge is 0.466 e.